The molecule has 1 aromatic rings. The quantitative estimate of drug-likeness (QED) is 0.573. The summed E-state index contributed by atoms with van der Waals surface area (Å²) in [4.78, 5) is 0. The number of rotatable bonds is 7. The smallest absolute Gasteiger partial charge is 0.264 e. The Balaban J connectivity index is 2.20. The summed E-state index contributed by atoms with van der Waals surface area (Å²) < 4.78 is 29.6. The van der Waals surface area contributed by atoms with Crippen molar-refractivity contribution in [2.75, 3.05) is 12.3 Å². The number of nitrogens with one attached hydrogen (secondary N) is 1. The molecule has 4 nitrogen and oxygen atoms in total. The summed E-state index contributed by atoms with van der Waals surface area (Å²) in [5.74, 6) is -0.182. The molecule has 0 aliphatic carbocycles. The van der Waals surface area contributed by atoms with Crippen LogP contribution in [-0.4, -0.2) is 31.3 Å². The van der Waals surface area contributed by atoms with E-state index in [0.717, 1.165) is 6.42 Å². The molecule has 0 bridgehead atoms. The third-order valence-electron chi connectivity index (χ3n) is 2.46. The van der Waals surface area contributed by atoms with Crippen LogP contribution >= 0.6 is 0 Å². The lowest BCUT2D eigenvalue weighted by atomic mass is 10.1. The third kappa shape index (κ3) is 7.10. The first-order valence-corrected chi connectivity index (χ1v) is 7.31. The van der Waals surface area contributed by atoms with Gasteiger partial charge in [-0.15, -0.1) is 0 Å². The zero-order chi connectivity index (χ0) is 12.7. The minimum absolute atomic E-state index is 0.182. The predicted molar refractivity (Wildman–Crippen MR) is 68.6 cm³/mol. The van der Waals surface area contributed by atoms with E-state index in [0.29, 0.717) is 19.0 Å². The van der Waals surface area contributed by atoms with E-state index in [1.165, 1.54) is 5.56 Å². The Morgan fingerprint density at radius 2 is 1.94 bits per heavy atom. The van der Waals surface area contributed by atoms with Gasteiger partial charge in [0, 0.05) is 6.04 Å². The van der Waals surface area contributed by atoms with Gasteiger partial charge >= 0.3 is 0 Å². The summed E-state index contributed by atoms with van der Waals surface area (Å²) in [5, 5.41) is 3.23. The van der Waals surface area contributed by atoms with Crippen molar-refractivity contribution in [3.63, 3.8) is 0 Å². The molecule has 0 aliphatic rings. The second-order valence-electron chi connectivity index (χ2n) is 4.18. The fraction of sp³-hybridized carbons (Fsp3) is 0.500. The molecule has 0 saturated heterocycles. The summed E-state index contributed by atoms with van der Waals surface area (Å²) in [6, 6.07) is 10.4. The van der Waals surface area contributed by atoms with Crippen molar-refractivity contribution in [1.82, 2.24) is 5.32 Å². The van der Waals surface area contributed by atoms with Crippen LogP contribution < -0.4 is 5.32 Å². The van der Waals surface area contributed by atoms with E-state index in [1.807, 2.05) is 18.2 Å². The van der Waals surface area contributed by atoms with E-state index in [-0.39, 0.29) is 5.75 Å². The maximum atomic E-state index is 10.5. The molecular weight excluding hydrogens is 238 g/mol. The standard InChI is InChI=1S/C12H19NO3S/c1-11(10-12-6-3-2-4-7-12)13-8-5-9-17(14,15)16/h2-4,6-7,11,13H,5,8-10H2,1H3,(H,14,15,16). The van der Waals surface area contributed by atoms with Gasteiger partial charge in [0.15, 0.2) is 0 Å². The van der Waals surface area contributed by atoms with E-state index in [1.54, 1.807) is 0 Å². The monoisotopic (exact) mass is 257 g/mol. The van der Waals surface area contributed by atoms with Crippen LogP contribution in [0.3, 0.4) is 0 Å². The van der Waals surface area contributed by atoms with Gasteiger partial charge in [-0.2, -0.15) is 8.42 Å². The molecule has 0 saturated carbocycles. The highest BCUT2D eigenvalue weighted by molar-refractivity contribution is 7.85. The van der Waals surface area contributed by atoms with Crippen LogP contribution in [-0.2, 0) is 16.5 Å². The highest BCUT2D eigenvalue weighted by Crippen LogP contribution is 2.02. The van der Waals surface area contributed by atoms with Gasteiger partial charge in [-0.05, 0) is 31.9 Å². The highest BCUT2D eigenvalue weighted by Gasteiger charge is 2.05. The molecule has 0 aromatic heterocycles. The van der Waals surface area contributed by atoms with Crippen LogP contribution in [0, 0.1) is 0 Å². The van der Waals surface area contributed by atoms with Gasteiger partial charge in [0.1, 0.15) is 0 Å². The van der Waals surface area contributed by atoms with Gasteiger partial charge in [0.25, 0.3) is 10.1 Å². The molecule has 0 aliphatic heterocycles. The average molecular weight is 257 g/mol. The lowest BCUT2D eigenvalue weighted by Gasteiger charge is -2.13. The topological polar surface area (TPSA) is 66.4 Å². The Morgan fingerprint density at radius 1 is 1.29 bits per heavy atom. The second kappa shape index (κ2) is 6.74. The first kappa shape index (κ1) is 14.2. The molecule has 17 heavy (non-hydrogen) atoms. The first-order valence-electron chi connectivity index (χ1n) is 5.70. The summed E-state index contributed by atoms with van der Waals surface area (Å²) in [7, 11) is -3.82. The lowest BCUT2D eigenvalue weighted by molar-refractivity contribution is 0.476. The van der Waals surface area contributed by atoms with Crippen LogP contribution in [0.15, 0.2) is 30.3 Å². The molecule has 1 atom stereocenters. The van der Waals surface area contributed by atoms with Crippen LogP contribution in [0.5, 0.6) is 0 Å². The van der Waals surface area contributed by atoms with Gasteiger partial charge in [0.05, 0.1) is 5.75 Å². The normalized spacial score (nSPS) is 13.5. The molecular formula is C12H19NO3S. The van der Waals surface area contributed by atoms with Gasteiger partial charge in [-0.1, -0.05) is 30.3 Å². The van der Waals surface area contributed by atoms with Gasteiger partial charge in [-0.3, -0.25) is 4.55 Å². The minimum atomic E-state index is -3.82. The third-order valence-corrected chi connectivity index (χ3v) is 3.26. The van der Waals surface area contributed by atoms with E-state index >= 15 is 0 Å². The van der Waals surface area contributed by atoms with Crippen LogP contribution in [0.2, 0.25) is 0 Å². The van der Waals surface area contributed by atoms with Crippen molar-refractivity contribution in [3.05, 3.63) is 35.9 Å². The average Bonchev–Trinajstić information content (AvgIpc) is 2.25. The van der Waals surface area contributed by atoms with E-state index in [2.05, 4.69) is 24.4 Å². The minimum Gasteiger partial charge on any atom is -0.314 e. The Hall–Kier alpha value is -0.910. The molecule has 1 rings (SSSR count). The Morgan fingerprint density at radius 3 is 2.53 bits per heavy atom. The van der Waals surface area contributed by atoms with E-state index in [4.69, 9.17) is 4.55 Å². The molecule has 1 aromatic carbocycles. The maximum absolute atomic E-state index is 10.5. The van der Waals surface area contributed by atoms with Crippen LogP contribution in [0.25, 0.3) is 0 Å². The van der Waals surface area contributed by atoms with Crippen molar-refractivity contribution in [2.24, 2.45) is 0 Å². The van der Waals surface area contributed by atoms with Crippen molar-refractivity contribution >= 4 is 10.1 Å². The van der Waals surface area contributed by atoms with E-state index < -0.39 is 10.1 Å². The Kier molecular flexibility index (Phi) is 5.61. The van der Waals surface area contributed by atoms with E-state index in [9.17, 15) is 8.42 Å². The van der Waals surface area contributed by atoms with Crippen LogP contribution in [0.1, 0.15) is 18.9 Å². The van der Waals surface area contributed by atoms with Crippen molar-refractivity contribution in [3.8, 4) is 0 Å². The van der Waals surface area contributed by atoms with Gasteiger partial charge in [0.2, 0.25) is 0 Å². The lowest BCUT2D eigenvalue weighted by Crippen LogP contribution is -2.29. The number of hydrogen-bond donors (Lipinski definition) is 2. The van der Waals surface area contributed by atoms with Crippen molar-refractivity contribution in [1.29, 1.82) is 0 Å². The summed E-state index contributed by atoms with van der Waals surface area (Å²) >= 11 is 0. The Bertz CT molecular complexity index is 417. The predicted octanol–water partition coefficient (Wildman–Crippen LogP) is 1.49. The molecule has 96 valence electrons. The SMILES string of the molecule is CC(Cc1ccccc1)NCCCS(=O)(=O)O. The molecule has 1 unspecified atom stereocenters. The zero-order valence-electron chi connectivity index (χ0n) is 9.96. The fourth-order valence-corrected chi connectivity index (χ4v) is 2.15. The molecule has 0 radical (unpaired) electrons. The van der Waals surface area contributed by atoms with Crippen molar-refractivity contribution < 1.29 is 13.0 Å². The Labute approximate surface area is 103 Å². The molecule has 0 fully saturated rings. The molecule has 0 amide bonds. The largest absolute Gasteiger partial charge is 0.314 e. The summed E-state index contributed by atoms with van der Waals surface area (Å²) in [6.07, 6.45) is 1.34. The maximum Gasteiger partial charge on any atom is 0.264 e. The number of hydrogen-bond acceptors (Lipinski definition) is 3. The molecule has 0 heterocycles. The fourth-order valence-electron chi connectivity index (χ4n) is 1.64. The zero-order valence-corrected chi connectivity index (χ0v) is 10.8. The highest BCUT2D eigenvalue weighted by atomic mass is 32.2. The van der Waals surface area contributed by atoms with Crippen molar-refractivity contribution in [2.45, 2.75) is 25.8 Å². The number of benzene rings is 1. The summed E-state index contributed by atoms with van der Waals surface area (Å²) in [6.45, 7) is 2.65. The van der Waals surface area contributed by atoms with Gasteiger partial charge in [-0.25, -0.2) is 0 Å². The van der Waals surface area contributed by atoms with Gasteiger partial charge < -0.3 is 5.32 Å². The molecule has 0 spiro atoms. The molecule has 5 heteroatoms. The first-order chi connectivity index (χ1) is 7.97. The molecule has 2 N–H and O–H groups in total. The summed E-state index contributed by atoms with van der Waals surface area (Å²) in [5.41, 5.74) is 1.25. The van der Waals surface area contributed by atoms with Crippen LogP contribution in [0.4, 0.5) is 0 Å². The second-order valence-corrected chi connectivity index (χ2v) is 5.76.